The number of nitrogens with two attached hydrogens (primary N) is 1. The Bertz CT molecular complexity index is 463. The van der Waals surface area contributed by atoms with Crippen molar-refractivity contribution in [2.75, 3.05) is 7.11 Å². The van der Waals surface area contributed by atoms with Crippen LogP contribution in [0.1, 0.15) is 25.5 Å². The second-order valence-corrected chi connectivity index (χ2v) is 10.9. The Kier molecular flexibility index (Phi) is 4.99. The zero-order valence-electron chi connectivity index (χ0n) is 13.2. The van der Waals surface area contributed by atoms with Crippen molar-refractivity contribution in [3.05, 3.63) is 29.8 Å². The summed E-state index contributed by atoms with van der Waals surface area (Å²) in [6.45, 7) is 9.97. The summed E-state index contributed by atoms with van der Waals surface area (Å²) in [5.74, 6) is 0.531. The van der Waals surface area contributed by atoms with Crippen LogP contribution in [0, 0.1) is 5.41 Å². The molecule has 112 valence electrons. The molecule has 1 rings (SSSR count). The average Bonchev–Trinajstić information content (AvgIpc) is 2.35. The molecule has 0 aromatic heterocycles. The quantitative estimate of drug-likeness (QED) is 0.670. The minimum Gasteiger partial charge on any atom is -0.544 e. The summed E-state index contributed by atoms with van der Waals surface area (Å²) in [6.07, 6.45) is 0. The maximum atomic E-state index is 11.8. The molecule has 0 unspecified atom stereocenters. The van der Waals surface area contributed by atoms with Gasteiger partial charge in [-0.2, -0.15) is 0 Å². The van der Waals surface area contributed by atoms with E-state index in [1.165, 1.54) is 7.11 Å². The summed E-state index contributed by atoms with van der Waals surface area (Å²) in [5, 5.41) is 0. The number of hydrogen-bond donors (Lipinski definition) is 1. The molecule has 0 saturated heterocycles. The van der Waals surface area contributed by atoms with Gasteiger partial charge in [0.2, 0.25) is 8.32 Å². The van der Waals surface area contributed by atoms with Crippen LogP contribution in [0.15, 0.2) is 24.3 Å². The predicted molar refractivity (Wildman–Crippen MR) is 83.1 cm³/mol. The van der Waals surface area contributed by atoms with E-state index in [2.05, 4.69) is 19.6 Å². The topological polar surface area (TPSA) is 61.5 Å². The standard InChI is InChI=1S/C15H25NO3Si/c1-15(2,14(17)18-3)13(16)11-7-9-12(10-8-11)19-20(4,5)6/h7-10,13H,16H2,1-6H3/t13-/m0/s1. The van der Waals surface area contributed by atoms with E-state index in [1.807, 2.05) is 24.3 Å². The predicted octanol–water partition coefficient (Wildman–Crippen LogP) is 3.10. The molecule has 0 bridgehead atoms. The second kappa shape index (κ2) is 5.97. The molecule has 0 spiro atoms. The van der Waals surface area contributed by atoms with Crippen LogP contribution < -0.4 is 10.2 Å². The van der Waals surface area contributed by atoms with Crippen molar-refractivity contribution in [1.82, 2.24) is 0 Å². The summed E-state index contributed by atoms with van der Waals surface area (Å²) < 4.78 is 10.7. The number of ether oxygens (including phenoxy) is 1. The minimum atomic E-state index is -1.61. The van der Waals surface area contributed by atoms with Gasteiger partial charge in [-0.05, 0) is 51.2 Å². The highest BCUT2D eigenvalue weighted by Gasteiger charge is 2.36. The molecule has 0 radical (unpaired) electrons. The molecule has 1 atom stereocenters. The largest absolute Gasteiger partial charge is 0.544 e. The van der Waals surface area contributed by atoms with Crippen LogP contribution in [-0.4, -0.2) is 21.4 Å². The van der Waals surface area contributed by atoms with Crippen molar-refractivity contribution in [3.63, 3.8) is 0 Å². The van der Waals surface area contributed by atoms with E-state index >= 15 is 0 Å². The van der Waals surface area contributed by atoms with Crippen LogP contribution in [0.3, 0.4) is 0 Å². The van der Waals surface area contributed by atoms with Gasteiger partial charge in [0, 0.05) is 6.04 Å². The van der Waals surface area contributed by atoms with Gasteiger partial charge in [-0.25, -0.2) is 0 Å². The van der Waals surface area contributed by atoms with E-state index < -0.39 is 19.8 Å². The maximum Gasteiger partial charge on any atom is 0.313 e. The maximum absolute atomic E-state index is 11.8. The van der Waals surface area contributed by atoms with E-state index in [9.17, 15) is 4.79 Å². The first-order chi connectivity index (χ1) is 9.08. The number of carbonyl (C=O) groups is 1. The molecule has 0 fully saturated rings. The van der Waals surface area contributed by atoms with Crippen LogP contribution in [0.2, 0.25) is 19.6 Å². The molecule has 4 nitrogen and oxygen atoms in total. The van der Waals surface area contributed by atoms with Crippen LogP contribution in [0.4, 0.5) is 0 Å². The highest BCUT2D eigenvalue weighted by atomic mass is 28.4. The van der Waals surface area contributed by atoms with Gasteiger partial charge in [-0.3, -0.25) is 4.79 Å². The van der Waals surface area contributed by atoms with Gasteiger partial charge >= 0.3 is 5.97 Å². The fourth-order valence-corrected chi connectivity index (χ4v) is 2.75. The number of rotatable bonds is 5. The molecule has 1 aromatic rings. The molecule has 0 heterocycles. The molecule has 1 aromatic carbocycles. The molecular weight excluding hydrogens is 270 g/mol. The second-order valence-electron chi connectivity index (χ2n) is 6.47. The summed E-state index contributed by atoms with van der Waals surface area (Å²) >= 11 is 0. The SMILES string of the molecule is COC(=O)C(C)(C)[C@@H](N)c1ccc(O[Si](C)(C)C)cc1. The number of carbonyl (C=O) groups excluding carboxylic acids is 1. The monoisotopic (exact) mass is 295 g/mol. The molecule has 0 aliphatic rings. The van der Waals surface area contributed by atoms with Crippen molar-refractivity contribution in [3.8, 4) is 5.75 Å². The van der Waals surface area contributed by atoms with Gasteiger partial charge in [0.25, 0.3) is 0 Å². The molecular formula is C15H25NO3Si. The summed E-state index contributed by atoms with van der Waals surface area (Å²) in [6, 6.07) is 7.20. The van der Waals surface area contributed by atoms with Crippen molar-refractivity contribution in [2.24, 2.45) is 11.1 Å². The Hall–Kier alpha value is -1.33. The zero-order valence-corrected chi connectivity index (χ0v) is 14.2. The van der Waals surface area contributed by atoms with Gasteiger partial charge in [-0.15, -0.1) is 0 Å². The highest BCUT2D eigenvalue weighted by molar-refractivity contribution is 6.70. The summed E-state index contributed by atoms with van der Waals surface area (Å²) in [7, 11) is -0.232. The Labute approximate surface area is 122 Å². The van der Waals surface area contributed by atoms with E-state index in [-0.39, 0.29) is 5.97 Å². The van der Waals surface area contributed by atoms with Gasteiger partial charge in [0.05, 0.1) is 12.5 Å². The third kappa shape index (κ3) is 4.08. The Morgan fingerprint density at radius 1 is 1.20 bits per heavy atom. The third-order valence-corrected chi connectivity index (χ3v) is 4.00. The number of esters is 1. The van der Waals surface area contributed by atoms with Crippen molar-refractivity contribution < 1.29 is 14.0 Å². The Balaban J connectivity index is 2.91. The molecule has 5 heteroatoms. The van der Waals surface area contributed by atoms with E-state index in [4.69, 9.17) is 14.9 Å². The first kappa shape index (κ1) is 16.7. The van der Waals surface area contributed by atoms with E-state index in [0.717, 1.165) is 11.3 Å². The van der Waals surface area contributed by atoms with Crippen molar-refractivity contribution in [1.29, 1.82) is 0 Å². The first-order valence-electron chi connectivity index (χ1n) is 6.71. The van der Waals surface area contributed by atoms with E-state index in [1.54, 1.807) is 13.8 Å². The van der Waals surface area contributed by atoms with E-state index in [0.29, 0.717) is 0 Å². The van der Waals surface area contributed by atoms with Gasteiger partial charge in [0.15, 0.2) is 0 Å². The van der Waals surface area contributed by atoms with Crippen LogP contribution in [0.5, 0.6) is 5.75 Å². The third-order valence-electron chi connectivity index (χ3n) is 3.15. The highest BCUT2D eigenvalue weighted by Crippen LogP contribution is 2.33. The number of methoxy groups -OCH3 is 1. The summed E-state index contributed by atoms with van der Waals surface area (Å²) in [4.78, 5) is 11.8. The van der Waals surface area contributed by atoms with Crippen molar-refractivity contribution >= 4 is 14.3 Å². The van der Waals surface area contributed by atoms with Crippen LogP contribution in [-0.2, 0) is 9.53 Å². The minimum absolute atomic E-state index is 0.313. The fraction of sp³-hybridized carbons (Fsp3) is 0.533. The number of hydrogen-bond acceptors (Lipinski definition) is 4. The lowest BCUT2D eigenvalue weighted by molar-refractivity contribution is -0.152. The van der Waals surface area contributed by atoms with Crippen molar-refractivity contribution in [2.45, 2.75) is 39.5 Å². The van der Waals surface area contributed by atoms with Gasteiger partial charge < -0.3 is 14.9 Å². The summed E-state index contributed by atoms with van der Waals surface area (Å²) in [5.41, 5.74) is 6.32. The lowest BCUT2D eigenvalue weighted by Gasteiger charge is -2.29. The smallest absolute Gasteiger partial charge is 0.313 e. The lowest BCUT2D eigenvalue weighted by atomic mass is 9.81. The molecule has 0 saturated carbocycles. The zero-order chi connectivity index (χ0) is 15.6. The van der Waals surface area contributed by atoms with Gasteiger partial charge in [-0.1, -0.05) is 12.1 Å². The normalized spacial score (nSPS) is 13.8. The molecule has 0 aliphatic carbocycles. The molecule has 20 heavy (non-hydrogen) atoms. The van der Waals surface area contributed by atoms with Crippen LogP contribution in [0.25, 0.3) is 0 Å². The molecule has 2 N–H and O–H groups in total. The van der Waals surface area contributed by atoms with Gasteiger partial charge in [0.1, 0.15) is 5.75 Å². The first-order valence-corrected chi connectivity index (χ1v) is 10.1. The van der Waals surface area contributed by atoms with Crippen LogP contribution >= 0.6 is 0 Å². The fourth-order valence-electron chi connectivity index (χ4n) is 1.90. The Morgan fingerprint density at radius 3 is 2.10 bits per heavy atom. The number of benzene rings is 1. The molecule has 0 amide bonds. The lowest BCUT2D eigenvalue weighted by Crippen LogP contribution is -2.37. The average molecular weight is 295 g/mol. The Morgan fingerprint density at radius 2 is 1.70 bits per heavy atom. The molecule has 0 aliphatic heterocycles.